The van der Waals surface area contributed by atoms with Gasteiger partial charge in [-0.05, 0) is 12.1 Å². The van der Waals surface area contributed by atoms with E-state index in [0.29, 0.717) is 32.2 Å². The van der Waals surface area contributed by atoms with Gasteiger partial charge in [0, 0.05) is 58.7 Å². The largest absolute Gasteiger partial charge is 0.633 e. The van der Waals surface area contributed by atoms with Crippen LogP contribution in [-0.2, 0) is 19.6 Å². The molecule has 0 atom stereocenters. The number of sulfonamides is 1. The van der Waals surface area contributed by atoms with Crippen LogP contribution >= 0.6 is 23.2 Å². The number of halogens is 2. The van der Waals surface area contributed by atoms with Crippen LogP contribution in [0.2, 0.25) is 10.0 Å². The maximum absolute atomic E-state index is 12.7. The minimum Gasteiger partial charge on any atom is -0.633 e. The molecule has 9 nitrogen and oxygen atoms in total. The van der Waals surface area contributed by atoms with E-state index in [1.807, 2.05) is 0 Å². The van der Waals surface area contributed by atoms with Gasteiger partial charge in [-0.25, -0.2) is 8.42 Å². The summed E-state index contributed by atoms with van der Waals surface area (Å²) in [4.78, 5) is 16.5. The number of likely N-dealkylation sites (N-methyl/N-ethyl adjacent to an activating group) is 1. The molecule has 0 aromatic heterocycles. The predicted octanol–water partition coefficient (Wildman–Crippen LogP) is 1.88. The molecule has 0 spiro atoms. The lowest BCUT2D eigenvalue weighted by Gasteiger charge is -2.48. The van der Waals surface area contributed by atoms with Gasteiger partial charge >= 0.3 is 0 Å². The molecule has 0 N–H and O–H groups in total. The van der Waals surface area contributed by atoms with E-state index in [4.69, 9.17) is 27.9 Å². The van der Waals surface area contributed by atoms with Gasteiger partial charge in [-0.15, -0.1) is 0 Å². The molecule has 0 radical (unpaired) electrons. The van der Waals surface area contributed by atoms with Crippen LogP contribution in [0.3, 0.4) is 0 Å². The molecule has 2 aliphatic rings. The molecule has 33 heavy (non-hydrogen) atoms. The molecular formula is C21H32Cl2N4O5S. The Morgan fingerprint density at radius 2 is 1.76 bits per heavy atom. The van der Waals surface area contributed by atoms with Gasteiger partial charge in [0.25, 0.3) is 0 Å². The van der Waals surface area contributed by atoms with Gasteiger partial charge in [-0.3, -0.25) is 9.69 Å². The van der Waals surface area contributed by atoms with E-state index in [1.165, 1.54) is 19.2 Å². The van der Waals surface area contributed by atoms with Crippen molar-refractivity contribution >= 4 is 39.1 Å². The van der Waals surface area contributed by atoms with Crippen molar-refractivity contribution in [2.75, 3.05) is 73.1 Å². The van der Waals surface area contributed by atoms with Crippen molar-refractivity contribution in [2.45, 2.75) is 23.8 Å². The number of carbonyl (C=O) groups excluding carboxylic acids is 1. The third kappa shape index (κ3) is 6.79. The normalized spacial score (nSPS) is 24.9. The van der Waals surface area contributed by atoms with E-state index in [2.05, 4.69) is 4.90 Å². The molecular weight excluding hydrogens is 491 g/mol. The van der Waals surface area contributed by atoms with Crippen molar-refractivity contribution in [1.29, 1.82) is 0 Å². The van der Waals surface area contributed by atoms with Crippen molar-refractivity contribution in [3.63, 3.8) is 0 Å². The van der Waals surface area contributed by atoms with Crippen molar-refractivity contribution in [2.24, 2.45) is 0 Å². The first-order valence-corrected chi connectivity index (χ1v) is 13.3. The third-order valence-electron chi connectivity index (χ3n) is 6.42. The van der Waals surface area contributed by atoms with E-state index in [1.54, 1.807) is 18.0 Å². The summed E-state index contributed by atoms with van der Waals surface area (Å²) >= 11 is 12.1. The number of likely N-dealkylation sites (tertiary alicyclic amines) is 1. The highest BCUT2D eigenvalue weighted by Gasteiger charge is 2.31. The maximum atomic E-state index is 12.7. The van der Waals surface area contributed by atoms with E-state index in [0.717, 1.165) is 30.2 Å². The van der Waals surface area contributed by atoms with Gasteiger partial charge < -0.3 is 19.5 Å². The Morgan fingerprint density at radius 3 is 2.33 bits per heavy atom. The molecule has 2 aliphatic heterocycles. The van der Waals surface area contributed by atoms with Gasteiger partial charge in [0.2, 0.25) is 15.9 Å². The second-order valence-corrected chi connectivity index (χ2v) is 11.6. The van der Waals surface area contributed by atoms with Crippen molar-refractivity contribution in [3.05, 3.63) is 33.5 Å². The Hall–Kier alpha value is -0.980. The Balaban J connectivity index is 1.39. The summed E-state index contributed by atoms with van der Waals surface area (Å²) in [5.74, 6) is -0.109. The number of rotatable bonds is 8. The summed E-state index contributed by atoms with van der Waals surface area (Å²) in [7, 11) is -0.734. The Labute approximate surface area is 206 Å². The monoisotopic (exact) mass is 522 g/mol. The van der Waals surface area contributed by atoms with Crippen LogP contribution < -0.4 is 0 Å². The first-order valence-electron chi connectivity index (χ1n) is 11.1. The number of quaternary nitrogens is 1. The molecule has 0 bridgehead atoms. The lowest BCUT2D eigenvalue weighted by Crippen LogP contribution is -2.56. The highest BCUT2D eigenvalue weighted by atomic mass is 35.5. The summed E-state index contributed by atoms with van der Waals surface area (Å²) in [6.45, 7) is 4.15. The van der Waals surface area contributed by atoms with Crippen molar-refractivity contribution < 1.29 is 22.6 Å². The smallest absolute Gasteiger partial charge is 0.248 e. The number of hydrogen-bond donors (Lipinski definition) is 0. The number of ether oxygens (including phenoxy) is 1. The number of benzene rings is 1. The van der Waals surface area contributed by atoms with Gasteiger partial charge in [0.1, 0.15) is 11.5 Å². The molecule has 3 rings (SSSR count). The van der Waals surface area contributed by atoms with E-state index < -0.39 is 10.0 Å². The van der Waals surface area contributed by atoms with Gasteiger partial charge in [0.05, 0.1) is 36.8 Å². The zero-order valence-electron chi connectivity index (χ0n) is 19.1. The predicted molar refractivity (Wildman–Crippen MR) is 128 cm³/mol. The number of piperidine rings is 1. The number of piperazine rings is 1. The van der Waals surface area contributed by atoms with Crippen LogP contribution in [0.1, 0.15) is 12.8 Å². The van der Waals surface area contributed by atoms with Crippen LogP contribution in [0.4, 0.5) is 0 Å². The average Bonchev–Trinajstić information content (AvgIpc) is 2.76. The minimum atomic E-state index is -3.88. The molecule has 1 aromatic rings. The number of nitrogens with zero attached hydrogens (tertiary/aromatic N) is 4. The summed E-state index contributed by atoms with van der Waals surface area (Å²) in [6, 6.07) is 4.94. The first-order chi connectivity index (χ1) is 15.5. The number of hydroxylamine groups is 3. The average molecular weight is 523 g/mol. The molecule has 2 fully saturated rings. The van der Waals surface area contributed by atoms with Crippen LogP contribution in [0.25, 0.3) is 0 Å². The molecule has 12 heteroatoms. The molecule has 0 saturated carbocycles. The molecule has 0 unspecified atom stereocenters. The molecule has 186 valence electrons. The first kappa shape index (κ1) is 26.6. The zero-order chi connectivity index (χ0) is 24.2. The van der Waals surface area contributed by atoms with Gasteiger partial charge in [-0.1, -0.05) is 29.3 Å². The highest BCUT2D eigenvalue weighted by molar-refractivity contribution is 7.89. The number of carbonyl (C=O) groups is 1. The Kier molecular flexibility index (Phi) is 9.01. The lowest BCUT2D eigenvalue weighted by atomic mass is 10.0. The summed E-state index contributed by atoms with van der Waals surface area (Å²) in [6.07, 6.45) is 1.79. The summed E-state index contributed by atoms with van der Waals surface area (Å²) < 4.78 is 31.9. The van der Waals surface area contributed by atoms with E-state index in [9.17, 15) is 18.4 Å². The standard InChI is InChI=1S/C21H32Cl2N4O5S/c1-24(33(30,31)21-18(22)4-3-5-19(21)23)12-15-32-16-20(28)26-10-8-25(9-11-26)17-6-13-27(2,29)14-7-17/h3-5,17H,6-16H2,1-2H3. The fraction of sp³-hybridized carbons (Fsp3) is 0.667. The Bertz CT molecular complexity index is 908. The molecule has 2 saturated heterocycles. The zero-order valence-corrected chi connectivity index (χ0v) is 21.4. The Morgan fingerprint density at radius 1 is 1.18 bits per heavy atom. The molecule has 2 heterocycles. The van der Waals surface area contributed by atoms with Crippen LogP contribution in [-0.4, -0.2) is 112 Å². The fourth-order valence-corrected chi connectivity index (χ4v) is 6.49. The number of amides is 1. The van der Waals surface area contributed by atoms with Crippen LogP contribution in [0.5, 0.6) is 0 Å². The molecule has 1 aromatic carbocycles. The SMILES string of the molecule is CN(CCOCC(=O)N1CCN(C2CC[N+](C)([O-])CC2)CC1)S(=O)(=O)c1c(Cl)cccc1Cl. The minimum absolute atomic E-state index is 0.0546. The number of hydrogen-bond acceptors (Lipinski definition) is 6. The summed E-state index contributed by atoms with van der Waals surface area (Å²) in [5.41, 5.74) is 0. The molecule has 0 aliphatic carbocycles. The fourth-order valence-electron chi connectivity index (χ4n) is 4.25. The quantitative estimate of drug-likeness (QED) is 0.294. The van der Waals surface area contributed by atoms with Crippen LogP contribution in [0.15, 0.2) is 23.1 Å². The van der Waals surface area contributed by atoms with Gasteiger partial charge in [0.15, 0.2) is 0 Å². The van der Waals surface area contributed by atoms with Crippen LogP contribution in [0, 0.1) is 5.21 Å². The maximum Gasteiger partial charge on any atom is 0.248 e. The van der Waals surface area contributed by atoms with E-state index in [-0.39, 0.29) is 45.3 Å². The van der Waals surface area contributed by atoms with Crippen molar-refractivity contribution in [1.82, 2.24) is 14.1 Å². The van der Waals surface area contributed by atoms with Crippen molar-refractivity contribution in [3.8, 4) is 0 Å². The topological polar surface area (TPSA) is 93.2 Å². The second kappa shape index (κ2) is 11.2. The second-order valence-electron chi connectivity index (χ2n) is 8.82. The molecule has 1 amide bonds. The lowest BCUT2D eigenvalue weighted by molar-refractivity contribution is -0.866. The van der Waals surface area contributed by atoms with Gasteiger partial charge in [-0.2, -0.15) is 4.31 Å². The van der Waals surface area contributed by atoms with E-state index >= 15 is 0 Å². The highest BCUT2D eigenvalue weighted by Crippen LogP contribution is 2.30. The third-order valence-corrected chi connectivity index (χ3v) is 9.23. The summed E-state index contributed by atoms with van der Waals surface area (Å²) in [5, 5.41) is 12.1.